The molecule has 0 fully saturated rings. The Morgan fingerprint density at radius 2 is 2.06 bits per heavy atom. The van der Waals surface area contributed by atoms with Crippen LogP contribution in [-0.2, 0) is 12.8 Å². The van der Waals surface area contributed by atoms with E-state index in [9.17, 15) is 0 Å². The fourth-order valence-corrected chi connectivity index (χ4v) is 1.91. The minimum Gasteiger partial charge on any atom is -0.398 e. The fourth-order valence-electron chi connectivity index (χ4n) is 1.91. The van der Waals surface area contributed by atoms with E-state index < -0.39 is 0 Å². The third kappa shape index (κ3) is 3.06. The molecule has 0 aliphatic carbocycles. The Morgan fingerprint density at radius 1 is 1.18 bits per heavy atom. The highest BCUT2D eigenvalue weighted by molar-refractivity contribution is 5.51. The van der Waals surface area contributed by atoms with E-state index in [0.29, 0.717) is 0 Å². The van der Waals surface area contributed by atoms with Crippen molar-refractivity contribution in [3.63, 3.8) is 0 Å². The summed E-state index contributed by atoms with van der Waals surface area (Å²) in [6.07, 6.45) is 7.78. The predicted octanol–water partition coefficient (Wildman–Crippen LogP) is 2.96. The summed E-state index contributed by atoms with van der Waals surface area (Å²) >= 11 is 0. The van der Waals surface area contributed by atoms with Gasteiger partial charge in [-0.1, -0.05) is 18.2 Å². The van der Waals surface area contributed by atoms with Crippen molar-refractivity contribution in [2.24, 2.45) is 0 Å². The molecule has 1 heterocycles. The first-order chi connectivity index (χ1) is 8.27. The smallest absolute Gasteiger partial charge is 0.0349 e. The summed E-state index contributed by atoms with van der Waals surface area (Å²) in [6, 6.07) is 10.1. The van der Waals surface area contributed by atoms with Gasteiger partial charge in [-0.15, -0.1) is 0 Å². The second-order valence-corrected chi connectivity index (χ2v) is 4.20. The van der Waals surface area contributed by atoms with Crippen molar-refractivity contribution < 1.29 is 0 Å². The molecule has 2 heteroatoms. The van der Waals surface area contributed by atoms with Crippen molar-refractivity contribution in [2.45, 2.75) is 19.8 Å². The molecule has 0 amide bonds. The van der Waals surface area contributed by atoms with Crippen LogP contribution in [0.2, 0.25) is 0 Å². The highest BCUT2D eigenvalue weighted by Crippen LogP contribution is 2.18. The normalized spacial score (nSPS) is 10.4. The number of pyridine rings is 1. The van der Waals surface area contributed by atoms with Crippen LogP contribution in [0.25, 0.3) is 0 Å². The summed E-state index contributed by atoms with van der Waals surface area (Å²) in [4.78, 5) is 4.10. The maximum atomic E-state index is 5.97. The van der Waals surface area contributed by atoms with Crippen molar-refractivity contribution in [1.82, 2.24) is 4.98 Å². The molecule has 0 unspecified atom stereocenters. The molecule has 2 nitrogen and oxygen atoms in total. The largest absolute Gasteiger partial charge is 0.398 e. The molecule has 0 saturated heterocycles. The summed E-state index contributed by atoms with van der Waals surface area (Å²) in [5, 5.41) is 0. The molecule has 0 atom stereocenters. The van der Waals surface area contributed by atoms with Gasteiger partial charge >= 0.3 is 0 Å². The second-order valence-electron chi connectivity index (χ2n) is 4.20. The van der Waals surface area contributed by atoms with Gasteiger partial charge in [-0.3, -0.25) is 4.98 Å². The van der Waals surface area contributed by atoms with Crippen LogP contribution in [0.1, 0.15) is 16.7 Å². The van der Waals surface area contributed by atoms with E-state index in [-0.39, 0.29) is 0 Å². The molecule has 2 aromatic rings. The number of aryl methyl sites for hydroxylation is 1. The molecule has 0 aliphatic rings. The number of hydrogen-bond donors (Lipinski definition) is 1. The van der Waals surface area contributed by atoms with Crippen molar-refractivity contribution in [3.8, 4) is 0 Å². The quantitative estimate of drug-likeness (QED) is 0.812. The molecule has 1 aromatic carbocycles. The average Bonchev–Trinajstić information content (AvgIpc) is 2.34. The lowest BCUT2D eigenvalue weighted by Crippen LogP contribution is -1.99. The molecule has 1 aromatic heterocycles. The Bertz CT molecular complexity index is 457. The standard InChI is InChI=1S/C15H17N2/c1-12-5-2-9-15(16)14(12)8-3-6-13-7-4-10-17-11-13/h2-5,7,9-11H,6,8,16H2,1H3. The average molecular weight is 225 g/mol. The molecule has 2 rings (SSSR count). The van der Waals surface area contributed by atoms with Gasteiger partial charge in [0.1, 0.15) is 0 Å². The molecule has 0 aliphatic heterocycles. The zero-order chi connectivity index (χ0) is 12.1. The number of anilines is 1. The molecular weight excluding hydrogens is 208 g/mol. The van der Waals surface area contributed by atoms with Crippen LogP contribution in [0.5, 0.6) is 0 Å². The van der Waals surface area contributed by atoms with Crippen molar-refractivity contribution in [3.05, 3.63) is 65.8 Å². The summed E-state index contributed by atoms with van der Waals surface area (Å²) in [7, 11) is 0. The Balaban J connectivity index is 1.95. The molecule has 17 heavy (non-hydrogen) atoms. The molecule has 0 spiro atoms. The van der Waals surface area contributed by atoms with Crippen LogP contribution in [-0.4, -0.2) is 4.98 Å². The van der Waals surface area contributed by atoms with Crippen LogP contribution >= 0.6 is 0 Å². The third-order valence-electron chi connectivity index (χ3n) is 2.90. The number of nitrogen functional groups attached to an aromatic ring is 1. The number of aromatic nitrogens is 1. The molecule has 1 radical (unpaired) electrons. The lowest BCUT2D eigenvalue weighted by molar-refractivity contribution is 1.01. The van der Waals surface area contributed by atoms with E-state index in [1.54, 1.807) is 6.20 Å². The zero-order valence-electron chi connectivity index (χ0n) is 10.1. The van der Waals surface area contributed by atoms with E-state index in [1.165, 1.54) is 16.7 Å². The van der Waals surface area contributed by atoms with E-state index in [2.05, 4.69) is 30.5 Å². The van der Waals surface area contributed by atoms with Gasteiger partial charge in [0, 0.05) is 18.1 Å². The number of hydrogen-bond acceptors (Lipinski definition) is 2. The highest BCUT2D eigenvalue weighted by Gasteiger charge is 2.02. The Kier molecular flexibility index (Phi) is 3.76. The SMILES string of the molecule is Cc1cccc(N)c1C[CH]Cc1cccnc1. The summed E-state index contributed by atoms with van der Waals surface area (Å²) in [6.45, 7) is 2.10. The highest BCUT2D eigenvalue weighted by atomic mass is 14.6. The van der Waals surface area contributed by atoms with Gasteiger partial charge in [-0.05, 0) is 55.0 Å². The van der Waals surface area contributed by atoms with Crippen LogP contribution in [0.4, 0.5) is 5.69 Å². The first-order valence-electron chi connectivity index (χ1n) is 5.82. The zero-order valence-corrected chi connectivity index (χ0v) is 10.1. The number of nitrogens with two attached hydrogens (primary N) is 1. The topological polar surface area (TPSA) is 38.9 Å². The maximum Gasteiger partial charge on any atom is 0.0349 e. The summed E-state index contributed by atoms with van der Waals surface area (Å²) < 4.78 is 0. The van der Waals surface area contributed by atoms with Gasteiger partial charge in [0.05, 0.1) is 0 Å². The number of nitrogens with zero attached hydrogens (tertiary/aromatic N) is 1. The van der Waals surface area contributed by atoms with Crippen LogP contribution in [0.3, 0.4) is 0 Å². The van der Waals surface area contributed by atoms with Crippen molar-refractivity contribution in [2.75, 3.05) is 5.73 Å². The van der Waals surface area contributed by atoms with E-state index >= 15 is 0 Å². The lowest BCUT2D eigenvalue weighted by atomic mass is 9.99. The Labute approximate surface area is 103 Å². The van der Waals surface area contributed by atoms with Gasteiger partial charge in [0.25, 0.3) is 0 Å². The van der Waals surface area contributed by atoms with Crippen molar-refractivity contribution in [1.29, 1.82) is 0 Å². The van der Waals surface area contributed by atoms with Gasteiger partial charge in [-0.25, -0.2) is 0 Å². The fraction of sp³-hybridized carbons (Fsp3) is 0.200. The van der Waals surface area contributed by atoms with E-state index in [4.69, 9.17) is 5.73 Å². The van der Waals surface area contributed by atoms with E-state index in [0.717, 1.165) is 18.5 Å². The molecule has 0 bridgehead atoms. The van der Waals surface area contributed by atoms with Gasteiger partial charge in [0.2, 0.25) is 0 Å². The molecule has 2 N–H and O–H groups in total. The summed E-state index contributed by atoms with van der Waals surface area (Å²) in [5.74, 6) is 0. The lowest BCUT2D eigenvalue weighted by Gasteiger charge is -2.08. The Morgan fingerprint density at radius 3 is 2.76 bits per heavy atom. The maximum absolute atomic E-state index is 5.97. The molecule has 87 valence electrons. The predicted molar refractivity (Wildman–Crippen MR) is 71.5 cm³/mol. The first-order valence-corrected chi connectivity index (χ1v) is 5.82. The number of benzene rings is 1. The second kappa shape index (κ2) is 5.48. The van der Waals surface area contributed by atoms with Gasteiger partial charge in [0.15, 0.2) is 0 Å². The van der Waals surface area contributed by atoms with E-state index in [1.807, 2.05) is 24.4 Å². The Hall–Kier alpha value is -1.83. The number of rotatable bonds is 4. The van der Waals surface area contributed by atoms with Crippen LogP contribution in [0, 0.1) is 13.3 Å². The first kappa shape index (κ1) is 11.6. The van der Waals surface area contributed by atoms with Gasteiger partial charge < -0.3 is 5.73 Å². The minimum absolute atomic E-state index is 0.882. The third-order valence-corrected chi connectivity index (χ3v) is 2.90. The van der Waals surface area contributed by atoms with Crippen LogP contribution in [0.15, 0.2) is 42.7 Å². The van der Waals surface area contributed by atoms with Gasteiger partial charge in [-0.2, -0.15) is 0 Å². The van der Waals surface area contributed by atoms with Crippen molar-refractivity contribution >= 4 is 5.69 Å². The minimum atomic E-state index is 0.882. The molecular formula is C15H17N2. The molecule has 0 saturated carbocycles. The summed E-state index contributed by atoms with van der Waals surface area (Å²) in [5.41, 5.74) is 10.6. The monoisotopic (exact) mass is 225 g/mol. The van der Waals surface area contributed by atoms with Crippen LogP contribution < -0.4 is 5.73 Å².